The summed E-state index contributed by atoms with van der Waals surface area (Å²) in [6.07, 6.45) is -0.488. The monoisotopic (exact) mass is 431 g/mol. The molecule has 1 aliphatic heterocycles. The van der Waals surface area contributed by atoms with Crippen LogP contribution in [0.25, 0.3) is 0 Å². The smallest absolute Gasteiger partial charge is 0.151 e. The van der Waals surface area contributed by atoms with Gasteiger partial charge in [-0.3, -0.25) is 0 Å². The van der Waals surface area contributed by atoms with Crippen LogP contribution in [-0.4, -0.2) is 32.9 Å². The maximum atomic E-state index is 13.3. The fraction of sp³-hybridized carbons (Fsp3) is 0.333. The molecule has 1 saturated heterocycles. The highest BCUT2D eigenvalue weighted by molar-refractivity contribution is 9.10. The SMILES string of the molecule is COc1cccc(C(Oc2ccc(F)cc2Br)[C@@H]2CNCCO2)c1.Cl. The lowest BCUT2D eigenvalue weighted by Crippen LogP contribution is -2.43. The highest BCUT2D eigenvalue weighted by Gasteiger charge is 2.28. The van der Waals surface area contributed by atoms with E-state index in [2.05, 4.69) is 21.2 Å². The average molecular weight is 433 g/mol. The number of halogens is 3. The quantitative estimate of drug-likeness (QED) is 0.771. The fourth-order valence-electron chi connectivity index (χ4n) is 2.66. The summed E-state index contributed by atoms with van der Waals surface area (Å²) in [4.78, 5) is 0. The lowest BCUT2D eigenvalue weighted by atomic mass is 10.0. The summed E-state index contributed by atoms with van der Waals surface area (Å²) in [6, 6.07) is 12.1. The molecule has 3 rings (SSSR count). The third-order valence-electron chi connectivity index (χ3n) is 3.86. The lowest BCUT2D eigenvalue weighted by molar-refractivity contribution is -0.0435. The van der Waals surface area contributed by atoms with E-state index in [0.717, 1.165) is 17.9 Å². The molecule has 4 nitrogen and oxygen atoms in total. The van der Waals surface area contributed by atoms with E-state index in [1.54, 1.807) is 13.2 Å². The Balaban J connectivity index is 0.00000225. The van der Waals surface area contributed by atoms with E-state index in [0.29, 0.717) is 23.4 Å². The molecule has 0 aromatic heterocycles. The molecule has 136 valence electrons. The van der Waals surface area contributed by atoms with E-state index in [-0.39, 0.29) is 30.4 Å². The Morgan fingerprint density at radius 2 is 2.12 bits per heavy atom. The molecular weight excluding hydrogens is 413 g/mol. The van der Waals surface area contributed by atoms with Crippen molar-refractivity contribution in [2.45, 2.75) is 12.2 Å². The third-order valence-corrected chi connectivity index (χ3v) is 4.48. The van der Waals surface area contributed by atoms with Crippen molar-refractivity contribution in [3.05, 3.63) is 58.3 Å². The van der Waals surface area contributed by atoms with Gasteiger partial charge < -0.3 is 19.5 Å². The van der Waals surface area contributed by atoms with Crippen LogP contribution in [0.15, 0.2) is 46.9 Å². The van der Waals surface area contributed by atoms with E-state index >= 15 is 0 Å². The van der Waals surface area contributed by atoms with Gasteiger partial charge in [-0.15, -0.1) is 12.4 Å². The maximum Gasteiger partial charge on any atom is 0.151 e. The molecule has 0 amide bonds. The Morgan fingerprint density at radius 1 is 1.28 bits per heavy atom. The van der Waals surface area contributed by atoms with Crippen LogP contribution < -0.4 is 14.8 Å². The summed E-state index contributed by atoms with van der Waals surface area (Å²) in [7, 11) is 1.63. The summed E-state index contributed by atoms with van der Waals surface area (Å²) in [5.41, 5.74) is 0.944. The minimum atomic E-state index is -0.338. The first-order valence-corrected chi connectivity index (χ1v) is 8.54. The van der Waals surface area contributed by atoms with Gasteiger partial charge in [-0.25, -0.2) is 4.39 Å². The Hall–Kier alpha value is -1.34. The summed E-state index contributed by atoms with van der Waals surface area (Å²) in [5, 5.41) is 3.32. The molecule has 1 N–H and O–H groups in total. The van der Waals surface area contributed by atoms with Gasteiger partial charge in [0.05, 0.1) is 18.2 Å². The van der Waals surface area contributed by atoms with E-state index < -0.39 is 0 Å². The molecule has 0 bridgehead atoms. The van der Waals surface area contributed by atoms with E-state index in [4.69, 9.17) is 14.2 Å². The van der Waals surface area contributed by atoms with Crippen LogP contribution in [-0.2, 0) is 4.74 Å². The van der Waals surface area contributed by atoms with Crippen LogP contribution in [0.3, 0.4) is 0 Å². The molecule has 2 atom stereocenters. The van der Waals surface area contributed by atoms with Crippen molar-refractivity contribution in [3.63, 3.8) is 0 Å². The topological polar surface area (TPSA) is 39.7 Å². The molecule has 2 aromatic rings. The van der Waals surface area contributed by atoms with Crippen molar-refractivity contribution in [2.75, 3.05) is 26.8 Å². The van der Waals surface area contributed by atoms with E-state index in [1.807, 2.05) is 24.3 Å². The van der Waals surface area contributed by atoms with Crippen LogP contribution in [0.1, 0.15) is 11.7 Å². The van der Waals surface area contributed by atoms with Gasteiger partial charge in [0.2, 0.25) is 0 Å². The van der Waals surface area contributed by atoms with Crippen LogP contribution in [0.2, 0.25) is 0 Å². The summed E-state index contributed by atoms with van der Waals surface area (Å²) in [5.74, 6) is 1.00. The highest BCUT2D eigenvalue weighted by Crippen LogP contribution is 2.33. The zero-order valence-electron chi connectivity index (χ0n) is 13.7. The van der Waals surface area contributed by atoms with Crippen LogP contribution in [0.4, 0.5) is 4.39 Å². The standard InChI is InChI=1S/C18H19BrFNO3.ClH/c1-22-14-4-2-3-12(9-14)18(17-11-21-7-8-23-17)24-16-6-5-13(20)10-15(16)19;/h2-6,9-10,17-18,21H,7-8,11H2,1H3;1H/t17-,18?;/m0./s1. The predicted octanol–water partition coefficient (Wildman–Crippen LogP) is 4.13. The predicted molar refractivity (Wildman–Crippen MR) is 100 cm³/mol. The van der Waals surface area contributed by atoms with Crippen LogP contribution >= 0.6 is 28.3 Å². The second-order valence-corrected chi connectivity index (χ2v) is 6.36. The minimum Gasteiger partial charge on any atom is -0.497 e. The van der Waals surface area contributed by atoms with Gasteiger partial charge in [0.15, 0.2) is 6.10 Å². The van der Waals surface area contributed by atoms with Crippen LogP contribution in [0, 0.1) is 5.82 Å². The van der Waals surface area contributed by atoms with Crippen molar-refractivity contribution >= 4 is 28.3 Å². The molecule has 0 aliphatic carbocycles. The number of methoxy groups -OCH3 is 1. The molecule has 0 spiro atoms. The van der Waals surface area contributed by atoms with Crippen molar-refractivity contribution in [2.24, 2.45) is 0 Å². The first-order valence-electron chi connectivity index (χ1n) is 7.75. The number of morpholine rings is 1. The molecule has 25 heavy (non-hydrogen) atoms. The second kappa shape index (κ2) is 9.38. The van der Waals surface area contributed by atoms with Gasteiger partial charge in [0.25, 0.3) is 0 Å². The van der Waals surface area contributed by atoms with Gasteiger partial charge >= 0.3 is 0 Å². The zero-order valence-corrected chi connectivity index (χ0v) is 16.1. The molecule has 1 unspecified atom stereocenters. The summed E-state index contributed by atoms with van der Waals surface area (Å²) in [6.45, 7) is 2.13. The second-order valence-electron chi connectivity index (χ2n) is 5.50. The Kier molecular flexibility index (Phi) is 7.50. The van der Waals surface area contributed by atoms with Crippen molar-refractivity contribution < 1.29 is 18.6 Å². The van der Waals surface area contributed by atoms with Gasteiger partial charge in [-0.1, -0.05) is 12.1 Å². The van der Waals surface area contributed by atoms with Crippen molar-refractivity contribution in [3.8, 4) is 11.5 Å². The van der Waals surface area contributed by atoms with Gasteiger partial charge in [-0.2, -0.15) is 0 Å². The molecule has 0 saturated carbocycles. The maximum absolute atomic E-state index is 13.3. The Bertz CT molecular complexity index is 698. The molecule has 0 radical (unpaired) electrons. The summed E-state index contributed by atoms with van der Waals surface area (Å²) >= 11 is 3.35. The normalized spacial score (nSPS) is 18.1. The highest BCUT2D eigenvalue weighted by atomic mass is 79.9. The number of benzene rings is 2. The number of hydrogen-bond acceptors (Lipinski definition) is 4. The number of rotatable bonds is 5. The molecular formula is C18H20BrClFNO3. The van der Waals surface area contributed by atoms with Crippen molar-refractivity contribution in [1.29, 1.82) is 0 Å². The minimum absolute atomic E-state index is 0. The first-order chi connectivity index (χ1) is 11.7. The van der Waals surface area contributed by atoms with Gasteiger partial charge in [0, 0.05) is 13.1 Å². The molecule has 1 aliphatic rings. The lowest BCUT2D eigenvalue weighted by Gasteiger charge is -2.32. The average Bonchev–Trinajstić information content (AvgIpc) is 2.62. The first kappa shape index (κ1) is 20.0. The van der Waals surface area contributed by atoms with Crippen molar-refractivity contribution in [1.82, 2.24) is 5.32 Å². The molecule has 1 fully saturated rings. The van der Waals surface area contributed by atoms with E-state index in [1.165, 1.54) is 12.1 Å². The zero-order chi connectivity index (χ0) is 16.9. The molecule has 7 heteroatoms. The Morgan fingerprint density at radius 3 is 2.80 bits per heavy atom. The van der Waals surface area contributed by atoms with Crippen LogP contribution in [0.5, 0.6) is 11.5 Å². The third kappa shape index (κ3) is 5.07. The molecule has 1 heterocycles. The Labute approximate surface area is 161 Å². The largest absolute Gasteiger partial charge is 0.497 e. The molecule has 2 aromatic carbocycles. The summed E-state index contributed by atoms with van der Waals surface area (Å²) < 4.78 is 31.3. The number of ether oxygens (including phenoxy) is 3. The van der Waals surface area contributed by atoms with E-state index in [9.17, 15) is 4.39 Å². The fourth-order valence-corrected chi connectivity index (χ4v) is 3.11. The number of nitrogens with one attached hydrogen (secondary N) is 1. The van der Waals surface area contributed by atoms with Gasteiger partial charge in [0.1, 0.15) is 23.4 Å². The van der Waals surface area contributed by atoms with Gasteiger partial charge in [-0.05, 0) is 51.8 Å². The number of hydrogen-bond donors (Lipinski definition) is 1.